The molecule has 0 aliphatic carbocycles. The van der Waals surface area contributed by atoms with Crippen LogP contribution in [0.4, 0.5) is 0 Å². The maximum Gasteiger partial charge on any atom is 0.0997 e. The molecule has 0 aliphatic rings. The molecule has 0 saturated heterocycles. The number of aromatic nitrogens is 1. The highest BCUT2D eigenvalue weighted by Crippen LogP contribution is 2.07. The van der Waals surface area contributed by atoms with E-state index < -0.39 is 0 Å². The smallest absolute Gasteiger partial charge is 0.0997 e. The van der Waals surface area contributed by atoms with E-state index in [4.69, 9.17) is 5.73 Å². The van der Waals surface area contributed by atoms with Crippen LogP contribution < -0.4 is 5.73 Å². The Hall–Kier alpha value is -0.900. The summed E-state index contributed by atoms with van der Waals surface area (Å²) in [6.45, 7) is 4.70. The highest BCUT2D eigenvalue weighted by molar-refractivity contribution is 7.09. The zero-order chi connectivity index (χ0) is 8.97. The third-order valence-corrected chi connectivity index (χ3v) is 2.21. The molecule has 1 aromatic rings. The Kier molecular flexibility index (Phi) is 3.22. The van der Waals surface area contributed by atoms with Crippen LogP contribution in [0.2, 0.25) is 0 Å². The lowest BCUT2D eigenvalue weighted by molar-refractivity contribution is 1.07. The quantitative estimate of drug-likeness (QED) is 0.568. The van der Waals surface area contributed by atoms with Crippen molar-refractivity contribution in [2.45, 2.75) is 20.3 Å². The van der Waals surface area contributed by atoms with Crippen molar-refractivity contribution in [3.05, 3.63) is 16.1 Å². The van der Waals surface area contributed by atoms with Gasteiger partial charge in [-0.2, -0.15) is 0 Å². The van der Waals surface area contributed by atoms with E-state index in [1.807, 2.05) is 19.2 Å². The molecule has 0 unspecified atom stereocenters. The van der Waals surface area contributed by atoms with Crippen molar-refractivity contribution < 1.29 is 0 Å². The Morgan fingerprint density at radius 2 is 2.50 bits per heavy atom. The van der Waals surface area contributed by atoms with Gasteiger partial charge in [-0.3, -0.25) is 4.99 Å². The highest BCUT2D eigenvalue weighted by Gasteiger charge is 1.99. The van der Waals surface area contributed by atoms with Gasteiger partial charge in [-0.25, -0.2) is 4.98 Å². The minimum atomic E-state index is 0.669. The second-order valence-electron chi connectivity index (χ2n) is 2.50. The van der Waals surface area contributed by atoms with Crippen LogP contribution in [-0.4, -0.2) is 17.4 Å². The number of amidine groups is 1. The van der Waals surface area contributed by atoms with Crippen LogP contribution in [-0.2, 0) is 6.42 Å². The molecule has 0 fully saturated rings. The van der Waals surface area contributed by atoms with Crippen LogP contribution in [0.3, 0.4) is 0 Å². The zero-order valence-electron chi connectivity index (χ0n) is 7.37. The number of hydrogen-bond donors (Lipinski definition) is 1. The van der Waals surface area contributed by atoms with Gasteiger partial charge < -0.3 is 5.73 Å². The molecule has 0 saturated carbocycles. The molecular weight excluding hydrogens is 170 g/mol. The fourth-order valence-electron chi connectivity index (χ4n) is 0.934. The first-order valence-corrected chi connectivity index (χ1v) is 4.80. The number of hydrogen-bond acceptors (Lipinski definition) is 3. The second kappa shape index (κ2) is 4.21. The molecule has 12 heavy (non-hydrogen) atoms. The molecule has 1 aromatic heterocycles. The predicted octanol–water partition coefficient (Wildman–Crippen LogP) is 1.37. The summed E-state index contributed by atoms with van der Waals surface area (Å²) < 4.78 is 0. The van der Waals surface area contributed by atoms with E-state index in [1.54, 1.807) is 11.3 Å². The molecule has 0 spiro atoms. The van der Waals surface area contributed by atoms with Crippen molar-refractivity contribution in [3.8, 4) is 0 Å². The van der Waals surface area contributed by atoms with Gasteiger partial charge in [-0.1, -0.05) is 0 Å². The molecule has 0 aromatic carbocycles. The summed E-state index contributed by atoms with van der Waals surface area (Å²) >= 11 is 1.64. The Morgan fingerprint density at radius 1 is 1.75 bits per heavy atom. The highest BCUT2D eigenvalue weighted by atomic mass is 32.1. The summed E-state index contributed by atoms with van der Waals surface area (Å²) in [5, 5.41) is 3.10. The van der Waals surface area contributed by atoms with Gasteiger partial charge >= 0.3 is 0 Å². The monoisotopic (exact) mass is 183 g/mol. The molecule has 2 N–H and O–H groups in total. The van der Waals surface area contributed by atoms with Crippen LogP contribution in [0, 0.1) is 6.92 Å². The first-order valence-electron chi connectivity index (χ1n) is 3.92. The normalized spacial score (nSPS) is 12.0. The third kappa shape index (κ3) is 2.62. The topological polar surface area (TPSA) is 51.3 Å². The number of rotatable bonds is 3. The molecule has 0 aliphatic heterocycles. The molecule has 1 heterocycles. The summed E-state index contributed by atoms with van der Waals surface area (Å²) in [5.41, 5.74) is 6.66. The lowest BCUT2D eigenvalue weighted by Crippen LogP contribution is -2.15. The number of aryl methyl sites for hydroxylation is 1. The van der Waals surface area contributed by atoms with Crippen molar-refractivity contribution in [2.24, 2.45) is 10.7 Å². The Morgan fingerprint density at radius 3 is 3.00 bits per heavy atom. The fraction of sp³-hybridized carbons (Fsp3) is 0.500. The third-order valence-electron chi connectivity index (χ3n) is 1.39. The average molecular weight is 183 g/mol. The Bertz CT molecular complexity index is 278. The van der Waals surface area contributed by atoms with Gasteiger partial charge in [0.15, 0.2) is 0 Å². The molecule has 66 valence electrons. The van der Waals surface area contributed by atoms with E-state index >= 15 is 0 Å². The van der Waals surface area contributed by atoms with Gasteiger partial charge in [0.05, 0.1) is 16.5 Å². The summed E-state index contributed by atoms with van der Waals surface area (Å²) in [4.78, 5) is 8.38. The van der Waals surface area contributed by atoms with Crippen LogP contribution in [0.5, 0.6) is 0 Å². The summed E-state index contributed by atoms with van der Waals surface area (Å²) in [5.74, 6) is 0.669. The standard InChI is InChI=1S/C8H13N3S/c1-3-10-8(9)4-7-5-12-6(2)11-7/h5H,3-4H2,1-2H3,(H2,9,10). The van der Waals surface area contributed by atoms with Crippen LogP contribution in [0.15, 0.2) is 10.4 Å². The minimum Gasteiger partial charge on any atom is -0.387 e. The number of nitrogens with two attached hydrogens (primary N) is 1. The maximum absolute atomic E-state index is 5.64. The van der Waals surface area contributed by atoms with Crippen molar-refractivity contribution in [3.63, 3.8) is 0 Å². The summed E-state index contributed by atoms with van der Waals surface area (Å²) in [6, 6.07) is 0. The van der Waals surface area contributed by atoms with Gasteiger partial charge in [0.2, 0.25) is 0 Å². The fourth-order valence-corrected chi connectivity index (χ4v) is 1.55. The van der Waals surface area contributed by atoms with Gasteiger partial charge in [0, 0.05) is 18.3 Å². The van der Waals surface area contributed by atoms with Crippen molar-refractivity contribution >= 4 is 17.2 Å². The van der Waals surface area contributed by atoms with E-state index in [-0.39, 0.29) is 0 Å². The predicted molar refractivity (Wildman–Crippen MR) is 52.7 cm³/mol. The van der Waals surface area contributed by atoms with Gasteiger partial charge in [-0.15, -0.1) is 11.3 Å². The van der Waals surface area contributed by atoms with Gasteiger partial charge in [0.1, 0.15) is 0 Å². The summed E-state index contributed by atoms with van der Waals surface area (Å²) in [6.07, 6.45) is 0.679. The molecule has 1 rings (SSSR count). The molecule has 4 heteroatoms. The zero-order valence-corrected chi connectivity index (χ0v) is 8.19. The van der Waals surface area contributed by atoms with Gasteiger partial charge in [0.25, 0.3) is 0 Å². The first-order chi connectivity index (χ1) is 5.72. The first kappa shape index (κ1) is 9.19. The van der Waals surface area contributed by atoms with E-state index in [2.05, 4.69) is 9.98 Å². The van der Waals surface area contributed by atoms with Crippen molar-refractivity contribution in [1.82, 2.24) is 4.98 Å². The largest absolute Gasteiger partial charge is 0.387 e. The van der Waals surface area contributed by atoms with E-state index in [9.17, 15) is 0 Å². The minimum absolute atomic E-state index is 0.669. The SMILES string of the molecule is CCN=C(N)Cc1csc(C)n1. The van der Waals surface area contributed by atoms with Crippen LogP contribution >= 0.6 is 11.3 Å². The lowest BCUT2D eigenvalue weighted by Gasteiger charge is -1.95. The molecule has 0 bridgehead atoms. The molecule has 3 nitrogen and oxygen atoms in total. The van der Waals surface area contributed by atoms with Crippen molar-refractivity contribution in [1.29, 1.82) is 0 Å². The van der Waals surface area contributed by atoms with E-state index in [0.29, 0.717) is 12.3 Å². The Labute approximate surface area is 76.4 Å². The lowest BCUT2D eigenvalue weighted by atomic mass is 10.3. The number of thiazole rings is 1. The molecule has 0 atom stereocenters. The molecule has 0 radical (unpaired) electrons. The number of aliphatic imine (C=N–C) groups is 1. The van der Waals surface area contributed by atoms with E-state index in [1.165, 1.54) is 0 Å². The average Bonchev–Trinajstić information content (AvgIpc) is 2.36. The van der Waals surface area contributed by atoms with Crippen LogP contribution in [0.1, 0.15) is 17.6 Å². The summed E-state index contributed by atoms with van der Waals surface area (Å²) in [7, 11) is 0. The van der Waals surface area contributed by atoms with Gasteiger partial charge in [-0.05, 0) is 13.8 Å². The molecule has 0 amide bonds. The van der Waals surface area contributed by atoms with Crippen molar-refractivity contribution in [2.75, 3.05) is 6.54 Å². The number of nitrogens with zero attached hydrogens (tertiary/aromatic N) is 2. The van der Waals surface area contributed by atoms with E-state index in [0.717, 1.165) is 17.2 Å². The second-order valence-corrected chi connectivity index (χ2v) is 3.56. The van der Waals surface area contributed by atoms with Crippen LogP contribution in [0.25, 0.3) is 0 Å². The molecular formula is C8H13N3S. The Balaban J connectivity index is 2.58. The maximum atomic E-state index is 5.64.